The third-order valence-electron chi connectivity index (χ3n) is 5.66. The lowest BCUT2D eigenvalue weighted by atomic mass is 9.87. The molecule has 3 heteroatoms. The fourth-order valence-corrected chi connectivity index (χ4v) is 4.09. The van der Waals surface area contributed by atoms with Gasteiger partial charge in [-0.3, -0.25) is 4.79 Å². The van der Waals surface area contributed by atoms with Crippen molar-refractivity contribution in [3.8, 4) is 0 Å². The van der Waals surface area contributed by atoms with E-state index in [9.17, 15) is 9.90 Å². The molecule has 0 spiro atoms. The summed E-state index contributed by atoms with van der Waals surface area (Å²) in [6, 6.07) is 10.4. The maximum atomic E-state index is 10.5. The molecule has 0 amide bonds. The first kappa shape index (κ1) is 20.7. The first-order chi connectivity index (χ1) is 12.6. The summed E-state index contributed by atoms with van der Waals surface area (Å²) >= 11 is 0. The largest absolute Gasteiger partial charge is 0.481 e. The Labute approximate surface area is 158 Å². The van der Waals surface area contributed by atoms with Crippen molar-refractivity contribution in [1.29, 1.82) is 0 Å². The Morgan fingerprint density at radius 2 is 1.88 bits per heavy atom. The summed E-state index contributed by atoms with van der Waals surface area (Å²) < 4.78 is 0. The summed E-state index contributed by atoms with van der Waals surface area (Å²) in [6.07, 6.45) is 14.9. The lowest BCUT2D eigenvalue weighted by Gasteiger charge is -2.20. The number of carbonyl (C=O) groups is 1. The van der Waals surface area contributed by atoms with Gasteiger partial charge in [0.25, 0.3) is 0 Å². The summed E-state index contributed by atoms with van der Waals surface area (Å²) in [5.41, 5.74) is 1.30. The first-order valence-electron chi connectivity index (χ1n) is 10.2. The molecule has 0 heterocycles. The van der Waals surface area contributed by atoms with Gasteiger partial charge in [0, 0.05) is 6.42 Å². The van der Waals surface area contributed by atoms with Gasteiger partial charge in [0.2, 0.25) is 0 Å². The molecular weight excluding hydrogens is 324 g/mol. The van der Waals surface area contributed by atoms with Gasteiger partial charge < -0.3 is 10.2 Å². The Kier molecular flexibility index (Phi) is 9.47. The van der Waals surface area contributed by atoms with E-state index < -0.39 is 5.97 Å². The molecule has 2 N–H and O–H groups in total. The first-order valence-corrected chi connectivity index (χ1v) is 10.2. The van der Waals surface area contributed by atoms with Crippen LogP contribution in [0.25, 0.3) is 0 Å². The van der Waals surface area contributed by atoms with Crippen molar-refractivity contribution in [2.24, 2.45) is 11.8 Å². The molecule has 0 radical (unpaired) electrons. The van der Waals surface area contributed by atoms with E-state index in [1.807, 2.05) is 6.07 Å². The van der Waals surface area contributed by atoms with E-state index in [1.165, 1.54) is 24.8 Å². The van der Waals surface area contributed by atoms with Crippen LogP contribution in [0.3, 0.4) is 0 Å². The average molecular weight is 359 g/mol. The van der Waals surface area contributed by atoms with Crippen molar-refractivity contribution >= 4 is 5.97 Å². The van der Waals surface area contributed by atoms with Gasteiger partial charge in [-0.1, -0.05) is 55.3 Å². The van der Waals surface area contributed by atoms with Gasteiger partial charge in [-0.25, -0.2) is 0 Å². The average Bonchev–Trinajstić information content (AvgIpc) is 3.09. The van der Waals surface area contributed by atoms with Crippen LogP contribution in [0.5, 0.6) is 0 Å². The predicted molar refractivity (Wildman–Crippen MR) is 106 cm³/mol. The van der Waals surface area contributed by atoms with Crippen LogP contribution in [0.4, 0.5) is 0 Å². The molecule has 1 unspecified atom stereocenters. The van der Waals surface area contributed by atoms with E-state index in [0.717, 1.165) is 56.8 Å². The second-order valence-electron chi connectivity index (χ2n) is 7.70. The SMILES string of the molecule is O=C(O)CCC/C=C\C[C@H]1CCCC1CC[C@@H](O)CCc1ccccc1. The highest BCUT2D eigenvalue weighted by Crippen LogP contribution is 2.37. The normalized spacial score (nSPS) is 21.3. The zero-order chi connectivity index (χ0) is 18.6. The lowest BCUT2D eigenvalue weighted by molar-refractivity contribution is -0.137. The van der Waals surface area contributed by atoms with Crippen LogP contribution in [0.15, 0.2) is 42.5 Å². The Hall–Kier alpha value is -1.61. The summed E-state index contributed by atoms with van der Waals surface area (Å²) in [7, 11) is 0. The Balaban J connectivity index is 1.61. The number of aliphatic carboxylic acids is 1. The van der Waals surface area contributed by atoms with Gasteiger partial charge in [0.05, 0.1) is 6.10 Å². The van der Waals surface area contributed by atoms with E-state index in [1.54, 1.807) is 0 Å². The van der Waals surface area contributed by atoms with E-state index in [4.69, 9.17) is 5.11 Å². The Morgan fingerprint density at radius 3 is 2.65 bits per heavy atom. The number of aliphatic hydroxyl groups excluding tert-OH is 1. The van der Waals surface area contributed by atoms with E-state index in [-0.39, 0.29) is 12.5 Å². The number of benzene rings is 1. The third kappa shape index (κ3) is 8.18. The molecule has 0 bridgehead atoms. The number of carboxylic acids is 1. The molecule has 3 nitrogen and oxygen atoms in total. The minimum absolute atomic E-state index is 0.192. The fraction of sp³-hybridized carbons (Fsp3) is 0.609. The van der Waals surface area contributed by atoms with E-state index >= 15 is 0 Å². The highest BCUT2D eigenvalue weighted by molar-refractivity contribution is 5.66. The van der Waals surface area contributed by atoms with Crippen molar-refractivity contribution in [2.75, 3.05) is 0 Å². The highest BCUT2D eigenvalue weighted by Gasteiger charge is 2.26. The smallest absolute Gasteiger partial charge is 0.303 e. The molecule has 1 aliphatic carbocycles. The molecule has 2 rings (SSSR count). The van der Waals surface area contributed by atoms with Crippen molar-refractivity contribution in [3.05, 3.63) is 48.0 Å². The maximum Gasteiger partial charge on any atom is 0.303 e. The van der Waals surface area contributed by atoms with Crippen molar-refractivity contribution in [1.82, 2.24) is 0 Å². The van der Waals surface area contributed by atoms with Crippen LogP contribution in [0.1, 0.15) is 69.8 Å². The summed E-state index contributed by atoms with van der Waals surface area (Å²) in [5.74, 6) is 0.775. The summed E-state index contributed by atoms with van der Waals surface area (Å²) in [6.45, 7) is 0. The molecule has 0 aliphatic heterocycles. The molecular formula is C23H34O3. The molecule has 0 aromatic heterocycles. The molecule has 1 aromatic carbocycles. The lowest BCUT2D eigenvalue weighted by Crippen LogP contribution is -2.13. The zero-order valence-corrected chi connectivity index (χ0v) is 15.9. The standard InChI is InChI=1S/C23H34O3/c24-22(17-15-19-9-4-3-5-10-19)18-16-21-13-8-12-20(21)11-6-1-2-7-14-23(25)26/h1,3-6,9-10,20-22,24H,2,7-8,11-18H2,(H,25,26)/b6-1-/t20-,21?,22-/m0/s1. The van der Waals surface area contributed by atoms with Gasteiger partial charge in [0.1, 0.15) is 0 Å². The monoisotopic (exact) mass is 358 g/mol. The molecule has 1 saturated carbocycles. The maximum absolute atomic E-state index is 10.5. The van der Waals surface area contributed by atoms with Crippen molar-refractivity contribution in [3.63, 3.8) is 0 Å². The van der Waals surface area contributed by atoms with Gasteiger partial charge in [-0.15, -0.1) is 0 Å². The van der Waals surface area contributed by atoms with Crippen LogP contribution in [-0.2, 0) is 11.2 Å². The second kappa shape index (κ2) is 11.9. The van der Waals surface area contributed by atoms with Crippen LogP contribution in [0, 0.1) is 11.8 Å². The molecule has 1 fully saturated rings. The topological polar surface area (TPSA) is 57.5 Å². The quantitative estimate of drug-likeness (QED) is 0.390. The number of aryl methyl sites for hydroxylation is 1. The number of aliphatic hydroxyl groups is 1. The van der Waals surface area contributed by atoms with E-state index in [0.29, 0.717) is 0 Å². The predicted octanol–water partition coefficient (Wildman–Crippen LogP) is 5.38. The molecule has 0 saturated heterocycles. The van der Waals surface area contributed by atoms with Gasteiger partial charge in [-0.05, 0) is 68.8 Å². The number of carboxylic acid groups (broad SMARTS) is 1. The third-order valence-corrected chi connectivity index (χ3v) is 5.66. The number of unbranched alkanes of at least 4 members (excludes halogenated alkanes) is 1. The molecule has 1 aromatic rings. The Morgan fingerprint density at radius 1 is 1.12 bits per heavy atom. The van der Waals surface area contributed by atoms with Crippen LogP contribution in [0.2, 0.25) is 0 Å². The summed E-state index contributed by atoms with van der Waals surface area (Å²) in [4.78, 5) is 10.5. The minimum Gasteiger partial charge on any atom is -0.481 e. The zero-order valence-electron chi connectivity index (χ0n) is 15.9. The number of rotatable bonds is 12. The van der Waals surface area contributed by atoms with Gasteiger partial charge >= 0.3 is 5.97 Å². The van der Waals surface area contributed by atoms with Crippen LogP contribution in [-0.4, -0.2) is 22.3 Å². The number of hydrogen-bond donors (Lipinski definition) is 2. The highest BCUT2D eigenvalue weighted by atomic mass is 16.4. The van der Waals surface area contributed by atoms with Crippen molar-refractivity contribution in [2.45, 2.75) is 76.7 Å². The van der Waals surface area contributed by atoms with Gasteiger partial charge in [-0.2, -0.15) is 0 Å². The second-order valence-corrected chi connectivity index (χ2v) is 7.70. The number of hydrogen-bond acceptors (Lipinski definition) is 2. The molecule has 3 atom stereocenters. The van der Waals surface area contributed by atoms with Gasteiger partial charge in [0.15, 0.2) is 0 Å². The summed E-state index contributed by atoms with van der Waals surface area (Å²) in [5, 5.41) is 19.0. The number of allylic oxidation sites excluding steroid dienone is 2. The Bertz CT molecular complexity index is 538. The minimum atomic E-state index is -0.708. The molecule has 1 aliphatic rings. The van der Waals surface area contributed by atoms with E-state index in [2.05, 4.69) is 36.4 Å². The van der Waals surface area contributed by atoms with Crippen LogP contribution >= 0.6 is 0 Å². The molecule has 144 valence electrons. The molecule has 26 heavy (non-hydrogen) atoms. The fourth-order valence-electron chi connectivity index (χ4n) is 4.09. The van der Waals surface area contributed by atoms with Crippen molar-refractivity contribution < 1.29 is 15.0 Å². The van der Waals surface area contributed by atoms with Crippen LogP contribution < -0.4 is 0 Å².